The first-order chi connectivity index (χ1) is 8.95. The lowest BCUT2D eigenvalue weighted by molar-refractivity contribution is 0.344. The van der Waals surface area contributed by atoms with Gasteiger partial charge in [0.05, 0.1) is 0 Å². The zero-order valence-corrected chi connectivity index (χ0v) is 12.9. The molecule has 1 heterocycles. The fourth-order valence-corrected chi connectivity index (χ4v) is 2.23. The molecule has 0 aliphatic heterocycles. The van der Waals surface area contributed by atoms with E-state index >= 15 is 0 Å². The Morgan fingerprint density at radius 3 is 2.58 bits per heavy atom. The van der Waals surface area contributed by atoms with Crippen molar-refractivity contribution in [2.24, 2.45) is 5.92 Å². The molecule has 1 atom stereocenters. The van der Waals surface area contributed by atoms with Gasteiger partial charge in [-0.2, -0.15) is 0 Å². The van der Waals surface area contributed by atoms with Gasteiger partial charge in [0.15, 0.2) is 0 Å². The van der Waals surface area contributed by atoms with Crippen LogP contribution in [0.3, 0.4) is 0 Å². The van der Waals surface area contributed by atoms with E-state index in [1.807, 2.05) is 6.07 Å². The highest BCUT2D eigenvalue weighted by molar-refractivity contribution is 6.29. The van der Waals surface area contributed by atoms with Crippen LogP contribution in [0.5, 0.6) is 0 Å². The SMILES string of the molecule is CC(C)C(CN(C)C)Nc1cc(Cl)nc(C2CC2)n1. The summed E-state index contributed by atoms with van der Waals surface area (Å²) < 4.78 is 0. The zero-order chi connectivity index (χ0) is 14.0. The van der Waals surface area contributed by atoms with E-state index < -0.39 is 0 Å². The van der Waals surface area contributed by atoms with Crippen LogP contribution in [0.15, 0.2) is 6.07 Å². The standard InChI is InChI=1S/C14H23ClN4/c1-9(2)11(8-19(3)4)16-13-7-12(15)17-14(18-13)10-5-6-10/h7,9-11H,5-6,8H2,1-4H3,(H,16,17,18). The molecule has 2 rings (SSSR count). The van der Waals surface area contributed by atoms with E-state index in [9.17, 15) is 0 Å². The van der Waals surface area contributed by atoms with Crippen LogP contribution in [-0.4, -0.2) is 41.5 Å². The second-order valence-corrected chi connectivity index (χ2v) is 6.35. The first kappa shape index (κ1) is 14.5. The molecule has 5 heteroatoms. The number of anilines is 1. The molecule has 0 bridgehead atoms. The molecule has 1 aliphatic rings. The van der Waals surface area contributed by atoms with Crippen molar-refractivity contribution in [1.29, 1.82) is 0 Å². The van der Waals surface area contributed by atoms with Crippen LogP contribution in [0, 0.1) is 5.92 Å². The number of nitrogens with zero attached hydrogens (tertiary/aromatic N) is 3. The second kappa shape index (κ2) is 6.06. The summed E-state index contributed by atoms with van der Waals surface area (Å²) in [5.41, 5.74) is 0. The molecule has 1 aromatic heterocycles. The van der Waals surface area contributed by atoms with Crippen molar-refractivity contribution < 1.29 is 0 Å². The average Bonchev–Trinajstić information content (AvgIpc) is 3.10. The van der Waals surface area contributed by atoms with Crippen molar-refractivity contribution in [3.05, 3.63) is 17.0 Å². The Morgan fingerprint density at radius 1 is 1.37 bits per heavy atom. The van der Waals surface area contributed by atoms with E-state index in [1.54, 1.807) is 0 Å². The van der Waals surface area contributed by atoms with Gasteiger partial charge >= 0.3 is 0 Å². The van der Waals surface area contributed by atoms with Crippen LogP contribution in [-0.2, 0) is 0 Å². The van der Waals surface area contributed by atoms with Gasteiger partial charge in [-0.25, -0.2) is 9.97 Å². The minimum absolute atomic E-state index is 0.355. The highest BCUT2D eigenvalue weighted by Crippen LogP contribution is 2.38. The van der Waals surface area contributed by atoms with E-state index in [-0.39, 0.29) is 0 Å². The Balaban J connectivity index is 2.11. The normalized spacial score (nSPS) is 17.0. The summed E-state index contributed by atoms with van der Waals surface area (Å²) in [6, 6.07) is 2.17. The predicted octanol–water partition coefficient (Wildman–Crippen LogP) is 3.01. The van der Waals surface area contributed by atoms with E-state index in [0.717, 1.165) is 18.2 Å². The van der Waals surface area contributed by atoms with Gasteiger partial charge in [-0.05, 0) is 32.9 Å². The van der Waals surface area contributed by atoms with Gasteiger partial charge in [0.2, 0.25) is 0 Å². The van der Waals surface area contributed by atoms with Gasteiger partial charge in [-0.3, -0.25) is 0 Å². The van der Waals surface area contributed by atoms with E-state index in [0.29, 0.717) is 23.0 Å². The van der Waals surface area contributed by atoms with Crippen LogP contribution >= 0.6 is 11.6 Å². The summed E-state index contributed by atoms with van der Waals surface area (Å²) in [5, 5.41) is 4.03. The maximum absolute atomic E-state index is 6.09. The molecule has 0 saturated heterocycles. The quantitative estimate of drug-likeness (QED) is 0.815. The predicted molar refractivity (Wildman–Crippen MR) is 79.8 cm³/mol. The van der Waals surface area contributed by atoms with Gasteiger partial charge in [-0.15, -0.1) is 0 Å². The first-order valence-corrected chi connectivity index (χ1v) is 7.29. The molecular weight excluding hydrogens is 260 g/mol. The third-order valence-corrected chi connectivity index (χ3v) is 3.55. The van der Waals surface area contributed by atoms with Crippen LogP contribution in [0.2, 0.25) is 5.15 Å². The topological polar surface area (TPSA) is 41.0 Å². The second-order valence-electron chi connectivity index (χ2n) is 5.97. The molecule has 1 aromatic rings. The van der Waals surface area contributed by atoms with E-state index in [2.05, 4.69) is 48.1 Å². The molecule has 1 saturated carbocycles. The molecule has 106 valence electrons. The molecule has 0 spiro atoms. The van der Waals surface area contributed by atoms with Crippen LogP contribution in [0.1, 0.15) is 38.4 Å². The lowest BCUT2D eigenvalue weighted by atomic mass is 10.0. The van der Waals surface area contributed by atoms with Gasteiger partial charge in [0, 0.05) is 24.6 Å². The molecule has 0 amide bonds. The third-order valence-electron chi connectivity index (χ3n) is 3.35. The Labute approximate surface area is 120 Å². The molecule has 19 heavy (non-hydrogen) atoms. The van der Waals surface area contributed by atoms with Crippen molar-refractivity contribution in [3.8, 4) is 0 Å². The molecule has 1 unspecified atom stereocenters. The maximum atomic E-state index is 6.09. The van der Waals surface area contributed by atoms with Crippen LogP contribution < -0.4 is 5.32 Å². The smallest absolute Gasteiger partial charge is 0.135 e. The minimum Gasteiger partial charge on any atom is -0.366 e. The number of halogens is 1. The summed E-state index contributed by atoms with van der Waals surface area (Å²) in [4.78, 5) is 11.1. The number of likely N-dealkylation sites (N-methyl/N-ethyl adjacent to an activating group) is 1. The molecule has 1 fully saturated rings. The third kappa shape index (κ3) is 4.32. The number of hydrogen-bond donors (Lipinski definition) is 1. The molecule has 4 nitrogen and oxygen atoms in total. The zero-order valence-electron chi connectivity index (χ0n) is 12.2. The molecular formula is C14H23ClN4. The Kier molecular flexibility index (Phi) is 4.63. The molecule has 0 aromatic carbocycles. The number of hydrogen-bond acceptors (Lipinski definition) is 4. The van der Waals surface area contributed by atoms with Gasteiger partial charge in [0.25, 0.3) is 0 Å². The average molecular weight is 283 g/mol. The summed E-state index contributed by atoms with van der Waals surface area (Å²) in [6.45, 7) is 5.40. The first-order valence-electron chi connectivity index (χ1n) is 6.91. The van der Waals surface area contributed by atoms with Crippen molar-refractivity contribution in [2.45, 2.75) is 38.6 Å². The van der Waals surface area contributed by atoms with E-state index in [1.165, 1.54) is 12.8 Å². The summed E-state index contributed by atoms with van der Waals surface area (Å²) in [7, 11) is 4.17. The highest BCUT2D eigenvalue weighted by atomic mass is 35.5. The van der Waals surface area contributed by atoms with Crippen LogP contribution in [0.25, 0.3) is 0 Å². The Hall–Kier alpha value is -0.870. The largest absolute Gasteiger partial charge is 0.366 e. The highest BCUT2D eigenvalue weighted by Gasteiger charge is 2.27. The maximum Gasteiger partial charge on any atom is 0.135 e. The fourth-order valence-electron chi connectivity index (χ4n) is 2.04. The molecule has 1 N–H and O–H groups in total. The van der Waals surface area contributed by atoms with Gasteiger partial charge < -0.3 is 10.2 Å². The van der Waals surface area contributed by atoms with Gasteiger partial charge in [-0.1, -0.05) is 25.4 Å². The van der Waals surface area contributed by atoms with Crippen molar-refractivity contribution in [2.75, 3.05) is 26.0 Å². The summed E-state index contributed by atoms with van der Waals surface area (Å²) >= 11 is 6.09. The fraction of sp³-hybridized carbons (Fsp3) is 0.714. The molecule has 1 aliphatic carbocycles. The summed E-state index contributed by atoms with van der Waals surface area (Å²) in [6.07, 6.45) is 2.37. The van der Waals surface area contributed by atoms with Gasteiger partial charge in [0.1, 0.15) is 16.8 Å². The van der Waals surface area contributed by atoms with Crippen molar-refractivity contribution in [1.82, 2.24) is 14.9 Å². The van der Waals surface area contributed by atoms with Crippen LogP contribution in [0.4, 0.5) is 5.82 Å². The molecule has 0 radical (unpaired) electrons. The lowest BCUT2D eigenvalue weighted by Crippen LogP contribution is -2.36. The number of aromatic nitrogens is 2. The summed E-state index contributed by atoms with van der Waals surface area (Å²) in [5.74, 6) is 2.79. The van der Waals surface area contributed by atoms with Crippen molar-refractivity contribution >= 4 is 17.4 Å². The monoisotopic (exact) mass is 282 g/mol. The van der Waals surface area contributed by atoms with E-state index in [4.69, 9.17) is 11.6 Å². The number of rotatable bonds is 6. The lowest BCUT2D eigenvalue weighted by Gasteiger charge is -2.26. The van der Waals surface area contributed by atoms with Crippen molar-refractivity contribution in [3.63, 3.8) is 0 Å². The Morgan fingerprint density at radius 2 is 2.05 bits per heavy atom. The number of nitrogens with one attached hydrogen (secondary N) is 1. The Bertz CT molecular complexity index is 429. The minimum atomic E-state index is 0.355.